The average Bonchev–Trinajstić information content (AvgIpc) is 4.20. The molecule has 2 aromatic carbocycles. The lowest BCUT2D eigenvalue weighted by Crippen LogP contribution is -2.60. The molecule has 70 heavy (non-hydrogen) atoms. The number of nitrogens with zero attached hydrogens (tertiary/aromatic N) is 7. The maximum atomic E-state index is 14.7. The van der Waals surface area contributed by atoms with E-state index in [4.69, 9.17) is 4.98 Å². The van der Waals surface area contributed by atoms with Crippen LogP contribution in [0.25, 0.3) is 28.5 Å². The summed E-state index contributed by atoms with van der Waals surface area (Å²) >= 11 is 0. The topological polar surface area (TPSA) is 250 Å². The van der Waals surface area contributed by atoms with Gasteiger partial charge in [0.05, 0.1) is 41.2 Å². The van der Waals surface area contributed by atoms with Gasteiger partial charge in [-0.2, -0.15) is 5.10 Å². The molecular formula is C51H52N12O7. The average molecular weight is 945 g/mol. The fourth-order valence-electron chi connectivity index (χ4n) is 10.0. The standard InChI is InChI=1S/C51H52N12O7/c1-29(55-46(66)33-13-18-52-19-14-33)49(69)62-26-36(64)22-42(62)47(67)57-41(21-35-25-53-28-54-35)50(70)63-27-37(65)23-43(63)48(68)58-51(16-6-17-51)34-11-9-32(10-12-34)44-38(31-7-4-3-5-8-31)24-39-40(56-44)15-20-61-30(2)59-60-45(39)61/h3-5,7-15,18-20,24-25,28-29,36-37,41-43,59,64-65H,2,6,16-17,21-23,26-27H2,1H3,(H,53,54)(H,55,66)(H,57,67)(H,58,68)/t29-,36-,37-,41+,42?,43+/m1/s1. The summed E-state index contributed by atoms with van der Waals surface area (Å²) in [7, 11) is 0. The highest BCUT2D eigenvalue weighted by atomic mass is 16.3. The van der Waals surface area contributed by atoms with Crippen molar-refractivity contribution in [3.8, 4) is 22.4 Å². The fraction of sp³-hybridized carbons (Fsp3) is 0.314. The van der Waals surface area contributed by atoms with Gasteiger partial charge < -0.3 is 40.9 Å². The smallest absolute Gasteiger partial charge is 0.252 e. The molecule has 6 atom stereocenters. The molecule has 3 fully saturated rings. The zero-order chi connectivity index (χ0) is 48.7. The molecule has 0 bridgehead atoms. The molecule has 1 aliphatic carbocycles. The third-order valence-corrected chi connectivity index (χ3v) is 13.8. The number of likely N-dealkylation sites (tertiary alicyclic amines) is 2. The number of fused-ring (bicyclic) bond motifs is 3. The van der Waals surface area contributed by atoms with E-state index >= 15 is 0 Å². The molecule has 0 spiro atoms. The Labute approximate surface area is 402 Å². The van der Waals surface area contributed by atoms with Crippen LogP contribution in [0.3, 0.4) is 0 Å². The number of aliphatic hydroxyl groups is 2. The van der Waals surface area contributed by atoms with E-state index in [1.54, 1.807) is 6.20 Å². The first-order valence-corrected chi connectivity index (χ1v) is 23.4. The number of carbonyl (C=O) groups is 5. The molecule has 0 radical (unpaired) electrons. The number of imidazole rings is 1. The molecule has 2 saturated heterocycles. The summed E-state index contributed by atoms with van der Waals surface area (Å²) in [6, 6.07) is 18.6. The van der Waals surface area contributed by atoms with Gasteiger partial charge in [-0.3, -0.25) is 39.3 Å². The summed E-state index contributed by atoms with van der Waals surface area (Å²) in [4.78, 5) is 90.5. The highest BCUT2D eigenvalue weighted by molar-refractivity contribution is 6.07. The third kappa shape index (κ3) is 8.80. The van der Waals surface area contributed by atoms with Gasteiger partial charge in [-0.05, 0) is 61.6 Å². The second-order valence-corrected chi connectivity index (χ2v) is 18.4. The molecule has 19 heteroatoms. The van der Waals surface area contributed by atoms with Gasteiger partial charge in [0.15, 0.2) is 5.84 Å². The Morgan fingerprint density at radius 2 is 1.56 bits per heavy atom. The van der Waals surface area contributed by atoms with Crippen LogP contribution >= 0.6 is 0 Å². The van der Waals surface area contributed by atoms with Crippen LogP contribution in [0, 0.1) is 0 Å². The van der Waals surface area contributed by atoms with Gasteiger partial charge in [0.2, 0.25) is 23.6 Å². The van der Waals surface area contributed by atoms with Gasteiger partial charge in [-0.15, -0.1) is 0 Å². The second kappa shape index (κ2) is 18.8. The van der Waals surface area contributed by atoms with Crippen LogP contribution in [0.15, 0.2) is 121 Å². The minimum absolute atomic E-state index is 0.0229. The molecule has 7 N–H and O–H groups in total. The number of amidine groups is 1. The Bertz CT molecular complexity index is 2910. The van der Waals surface area contributed by atoms with E-state index in [1.807, 2.05) is 71.8 Å². The van der Waals surface area contributed by atoms with Gasteiger partial charge >= 0.3 is 0 Å². The van der Waals surface area contributed by atoms with Crippen molar-refractivity contribution in [2.45, 2.75) is 87.4 Å². The largest absolute Gasteiger partial charge is 0.391 e. The molecule has 1 unspecified atom stereocenters. The molecule has 5 aromatic rings. The van der Waals surface area contributed by atoms with E-state index in [9.17, 15) is 34.2 Å². The van der Waals surface area contributed by atoms with Crippen molar-refractivity contribution in [3.63, 3.8) is 0 Å². The number of aromatic amines is 1. The van der Waals surface area contributed by atoms with Crippen LogP contribution in [0.4, 0.5) is 0 Å². The molecule has 4 aliphatic heterocycles. The van der Waals surface area contributed by atoms with Gasteiger partial charge in [0, 0.05) is 79.4 Å². The Kier molecular flexibility index (Phi) is 12.3. The summed E-state index contributed by atoms with van der Waals surface area (Å²) in [5, 5.41) is 34.9. The molecule has 358 valence electrons. The number of β-amino-alcohol motifs (C(OH)–C–C–N with tert-alkyl or cyclic N) is 2. The molecule has 10 rings (SSSR count). The van der Waals surface area contributed by atoms with E-state index in [0.29, 0.717) is 35.8 Å². The fourth-order valence-corrected chi connectivity index (χ4v) is 10.0. The molecule has 3 aromatic heterocycles. The summed E-state index contributed by atoms with van der Waals surface area (Å²) in [5.41, 5.74) is 9.04. The SMILES string of the molecule is C=C1NN=C2c3cc(-c4ccccc4)c(-c4ccc(C5(NC(=O)[C@@H]6C[C@@H](O)CN6C(=O)[C@H](Cc6c[nH]cn6)NC(=O)C6C[C@@H](O)CN6C(=O)[C@@H](C)NC(=O)c6ccncc6)CCC5)cc4)nc3C=CN12. The lowest BCUT2D eigenvalue weighted by Gasteiger charge is -2.44. The number of carbonyl (C=O) groups excluding carboxylic acids is 5. The number of hydrazone groups is 1. The Morgan fingerprint density at radius 3 is 2.23 bits per heavy atom. The summed E-state index contributed by atoms with van der Waals surface area (Å²) < 4.78 is 0. The number of pyridine rings is 2. The number of aliphatic hydroxyl groups excluding tert-OH is 2. The van der Waals surface area contributed by atoms with Crippen molar-refractivity contribution in [2.75, 3.05) is 13.1 Å². The van der Waals surface area contributed by atoms with E-state index in [1.165, 1.54) is 47.6 Å². The number of benzene rings is 2. The van der Waals surface area contributed by atoms with Crippen LogP contribution in [0.2, 0.25) is 0 Å². The molecular weight excluding hydrogens is 893 g/mol. The van der Waals surface area contributed by atoms with E-state index in [2.05, 4.69) is 54.1 Å². The second-order valence-electron chi connectivity index (χ2n) is 18.4. The Balaban J connectivity index is 0.862. The molecule has 19 nitrogen and oxygen atoms in total. The summed E-state index contributed by atoms with van der Waals surface area (Å²) in [6.45, 7) is 5.21. The number of hydrogen-bond donors (Lipinski definition) is 7. The third-order valence-electron chi connectivity index (χ3n) is 13.8. The first kappa shape index (κ1) is 45.7. The predicted octanol–water partition coefficient (Wildman–Crippen LogP) is 2.52. The maximum absolute atomic E-state index is 14.7. The molecule has 5 amide bonds. The van der Waals surface area contributed by atoms with Crippen LogP contribution in [0.1, 0.15) is 71.9 Å². The van der Waals surface area contributed by atoms with E-state index in [0.717, 1.165) is 45.6 Å². The summed E-state index contributed by atoms with van der Waals surface area (Å²) in [5.74, 6) is -1.51. The van der Waals surface area contributed by atoms with Crippen molar-refractivity contribution in [1.29, 1.82) is 0 Å². The van der Waals surface area contributed by atoms with E-state index < -0.39 is 71.5 Å². The highest BCUT2D eigenvalue weighted by Crippen LogP contribution is 2.43. The minimum Gasteiger partial charge on any atom is -0.391 e. The van der Waals surface area contributed by atoms with Gasteiger partial charge in [-0.25, -0.2) is 9.97 Å². The number of H-pyrrole nitrogens is 1. The first-order chi connectivity index (χ1) is 33.9. The normalized spacial score (nSPS) is 21.7. The minimum atomic E-state index is -1.27. The zero-order valence-corrected chi connectivity index (χ0v) is 38.3. The van der Waals surface area contributed by atoms with Gasteiger partial charge in [0.25, 0.3) is 5.91 Å². The zero-order valence-electron chi connectivity index (χ0n) is 38.3. The lowest BCUT2D eigenvalue weighted by molar-refractivity contribution is -0.144. The number of amides is 5. The number of nitrogens with one attached hydrogen (secondary N) is 5. The number of hydrogen-bond acceptors (Lipinski definition) is 13. The van der Waals surface area contributed by atoms with Crippen molar-refractivity contribution >= 4 is 41.4 Å². The highest BCUT2D eigenvalue weighted by Gasteiger charge is 2.48. The van der Waals surface area contributed by atoms with Gasteiger partial charge in [0.1, 0.15) is 30.0 Å². The van der Waals surface area contributed by atoms with Crippen molar-refractivity contribution in [2.24, 2.45) is 5.10 Å². The van der Waals surface area contributed by atoms with Crippen LogP contribution < -0.4 is 21.4 Å². The maximum Gasteiger partial charge on any atom is 0.252 e. The number of aromatic nitrogens is 4. The number of rotatable bonds is 13. The Hall–Kier alpha value is -8.03. The Morgan fingerprint density at radius 1 is 0.857 bits per heavy atom. The monoisotopic (exact) mass is 944 g/mol. The van der Waals surface area contributed by atoms with Gasteiger partial charge in [-0.1, -0.05) is 61.2 Å². The van der Waals surface area contributed by atoms with Crippen LogP contribution in [-0.2, 0) is 31.1 Å². The lowest BCUT2D eigenvalue weighted by atomic mass is 9.71. The predicted molar refractivity (Wildman–Crippen MR) is 256 cm³/mol. The first-order valence-electron chi connectivity index (χ1n) is 23.4. The quantitative estimate of drug-likeness (QED) is 0.0900. The molecule has 5 aliphatic rings. The molecule has 1 saturated carbocycles. The van der Waals surface area contributed by atoms with Crippen molar-refractivity contribution in [3.05, 3.63) is 144 Å². The van der Waals surface area contributed by atoms with E-state index in [-0.39, 0.29) is 32.4 Å². The van der Waals surface area contributed by atoms with Crippen LogP contribution in [0.5, 0.6) is 0 Å². The van der Waals surface area contributed by atoms with Crippen LogP contribution in [-0.4, -0.2) is 130 Å². The van der Waals surface area contributed by atoms with Crippen molar-refractivity contribution < 1.29 is 34.2 Å². The molecule has 7 heterocycles. The summed E-state index contributed by atoms with van der Waals surface area (Å²) in [6.07, 6.45) is 9.65. The van der Waals surface area contributed by atoms with Crippen molar-refractivity contribution in [1.82, 2.24) is 56.0 Å².